The second kappa shape index (κ2) is 12.5. The summed E-state index contributed by atoms with van der Waals surface area (Å²) < 4.78 is 19.2. The molecule has 0 aliphatic heterocycles. The van der Waals surface area contributed by atoms with E-state index in [2.05, 4.69) is 20.9 Å². The lowest BCUT2D eigenvalue weighted by Gasteiger charge is -2.20. The van der Waals surface area contributed by atoms with Crippen LogP contribution < -0.4 is 20.7 Å². The van der Waals surface area contributed by atoms with Crippen molar-refractivity contribution in [2.24, 2.45) is 4.99 Å². The summed E-state index contributed by atoms with van der Waals surface area (Å²) in [4.78, 5) is 18.0. The highest BCUT2D eigenvalue weighted by Crippen LogP contribution is 2.15. The summed E-state index contributed by atoms with van der Waals surface area (Å²) in [5.74, 6) is 0.752. The molecular weight excluding hydrogens is 397 g/mol. The van der Waals surface area contributed by atoms with Gasteiger partial charge in [0.15, 0.2) is 5.96 Å². The van der Waals surface area contributed by atoms with Crippen molar-refractivity contribution in [2.75, 3.05) is 39.5 Å². The number of rotatable bonds is 10. The molecule has 0 aliphatic rings. The average Bonchev–Trinajstić information content (AvgIpc) is 2.72. The molecule has 0 saturated heterocycles. The van der Waals surface area contributed by atoms with Gasteiger partial charge in [0, 0.05) is 25.3 Å². The van der Waals surface area contributed by atoms with E-state index in [1.165, 1.54) is 12.1 Å². The zero-order valence-corrected chi connectivity index (χ0v) is 18.6. The SMILES string of the molecule is CCC(CNC(=NC)NCc1cccc(NC(=O)CN(C)C)c1)Oc1cccc(F)c1. The molecule has 2 aromatic rings. The molecule has 0 spiro atoms. The maximum Gasteiger partial charge on any atom is 0.238 e. The van der Waals surface area contributed by atoms with Gasteiger partial charge in [-0.15, -0.1) is 0 Å². The van der Waals surface area contributed by atoms with Crippen molar-refractivity contribution in [1.29, 1.82) is 0 Å². The van der Waals surface area contributed by atoms with Crippen LogP contribution in [0.1, 0.15) is 18.9 Å². The van der Waals surface area contributed by atoms with E-state index in [-0.39, 0.29) is 17.8 Å². The number of guanidine groups is 1. The van der Waals surface area contributed by atoms with Gasteiger partial charge in [-0.2, -0.15) is 0 Å². The predicted octanol–water partition coefficient (Wildman–Crippen LogP) is 2.85. The van der Waals surface area contributed by atoms with Gasteiger partial charge in [0.1, 0.15) is 17.7 Å². The second-order valence-electron chi connectivity index (χ2n) is 7.40. The number of hydrogen-bond acceptors (Lipinski definition) is 4. The lowest BCUT2D eigenvalue weighted by Crippen LogP contribution is -2.42. The first-order chi connectivity index (χ1) is 14.9. The molecule has 31 heavy (non-hydrogen) atoms. The molecule has 2 rings (SSSR count). The van der Waals surface area contributed by atoms with Crippen molar-refractivity contribution < 1.29 is 13.9 Å². The summed E-state index contributed by atoms with van der Waals surface area (Å²) in [6, 6.07) is 13.8. The van der Waals surface area contributed by atoms with E-state index in [1.54, 1.807) is 19.2 Å². The molecule has 3 N–H and O–H groups in total. The van der Waals surface area contributed by atoms with Gasteiger partial charge in [-0.3, -0.25) is 9.79 Å². The van der Waals surface area contributed by atoms with Crippen LogP contribution in [0.15, 0.2) is 53.5 Å². The molecule has 0 aromatic heterocycles. The summed E-state index contributed by atoms with van der Waals surface area (Å²) in [5.41, 5.74) is 1.76. The maximum absolute atomic E-state index is 13.4. The average molecular weight is 430 g/mol. The fraction of sp³-hybridized carbons (Fsp3) is 0.391. The van der Waals surface area contributed by atoms with Gasteiger partial charge in [-0.25, -0.2) is 4.39 Å². The second-order valence-corrected chi connectivity index (χ2v) is 7.40. The number of benzene rings is 2. The van der Waals surface area contributed by atoms with Gasteiger partial charge >= 0.3 is 0 Å². The van der Waals surface area contributed by atoms with Gasteiger partial charge < -0.3 is 25.6 Å². The van der Waals surface area contributed by atoms with E-state index in [4.69, 9.17) is 4.74 Å². The third kappa shape index (κ3) is 9.04. The largest absolute Gasteiger partial charge is 0.489 e. The number of aliphatic imine (C=N–C) groups is 1. The Labute approximate surface area is 183 Å². The van der Waals surface area contributed by atoms with Crippen LogP contribution in [-0.4, -0.2) is 57.1 Å². The zero-order chi connectivity index (χ0) is 22.6. The van der Waals surface area contributed by atoms with Crippen LogP contribution in [0.4, 0.5) is 10.1 Å². The van der Waals surface area contributed by atoms with Crippen LogP contribution in [0, 0.1) is 5.82 Å². The minimum Gasteiger partial charge on any atom is -0.489 e. The first-order valence-corrected chi connectivity index (χ1v) is 10.3. The van der Waals surface area contributed by atoms with E-state index >= 15 is 0 Å². The molecular formula is C23H32FN5O2. The molecule has 0 bridgehead atoms. The van der Waals surface area contributed by atoms with E-state index in [0.29, 0.717) is 31.3 Å². The topological polar surface area (TPSA) is 78.0 Å². The molecule has 0 aliphatic carbocycles. The Hall–Kier alpha value is -3.13. The Bertz CT molecular complexity index is 873. The number of nitrogens with zero attached hydrogens (tertiary/aromatic N) is 2. The van der Waals surface area contributed by atoms with Crippen molar-refractivity contribution in [3.63, 3.8) is 0 Å². The third-order valence-corrected chi connectivity index (χ3v) is 4.41. The standard InChI is InChI=1S/C23H32FN5O2/c1-5-20(31-21-11-7-9-18(24)13-21)15-27-23(25-2)26-14-17-8-6-10-19(12-17)28-22(30)16-29(3)4/h6-13,20H,5,14-16H2,1-4H3,(H,28,30)(H2,25,26,27). The van der Waals surface area contributed by atoms with Crippen LogP contribution >= 0.6 is 0 Å². The Morgan fingerprint density at radius 3 is 2.61 bits per heavy atom. The van der Waals surface area contributed by atoms with E-state index in [1.807, 2.05) is 50.2 Å². The molecule has 0 radical (unpaired) electrons. The number of anilines is 1. The van der Waals surface area contributed by atoms with Crippen molar-refractivity contribution in [3.8, 4) is 5.75 Å². The molecule has 7 nitrogen and oxygen atoms in total. The lowest BCUT2D eigenvalue weighted by atomic mass is 10.2. The van der Waals surface area contributed by atoms with Crippen LogP contribution in [0.5, 0.6) is 5.75 Å². The highest BCUT2D eigenvalue weighted by Gasteiger charge is 2.10. The summed E-state index contributed by atoms with van der Waals surface area (Å²) >= 11 is 0. The van der Waals surface area contributed by atoms with Gasteiger partial charge in [-0.1, -0.05) is 25.1 Å². The number of ether oxygens (including phenoxy) is 1. The minimum absolute atomic E-state index is 0.0588. The molecule has 1 unspecified atom stereocenters. The summed E-state index contributed by atoms with van der Waals surface area (Å²) in [6.45, 7) is 3.40. The Morgan fingerprint density at radius 2 is 1.94 bits per heavy atom. The number of nitrogens with one attached hydrogen (secondary N) is 3. The molecule has 168 valence electrons. The number of amides is 1. The number of likely N-dealkylation sites (N-methyl/N-ethyl adjacent to an activating group) is 1. The number of carbonyl (C=O) groups is 1. The predicted molar refractivity (Wildman–Crippen MR) is 123 cm³/mol. The molecule has 0 saturated carbocycles. The maximum atomic E-state index is 13.4. The smallest absolute Gasteiger partial charge is 0.238 e. The Morgan fingerprint density at radius 1 is 1.16 bits per heavy atom. The van der Waals surface area contributed by atoms with E-state index in [0.717, 1.165) is 17.7 Å². The Balaban J connectivity index is 1.85. The Kier molecular flexibility index (Phi) is 9.77. The monoisotopic (exact) mass is 429 g/mol. The first-order valence-electron chi connectivity index (χ1n) is 10.3. The molecule has 2 aromatic carbocycles. The van der Waals surface area contributed by atoms with Gasteiger partial charge in [-0.05, 0) is 50.3 Å². The molecule has 0 fully saturated rings. The highest BCUT2D eigenvalue weighted by atomic mass is 19.1. The number of hydrogen-bond donors (Lipinski definition) is 3. The van der Waals surface area contributed by atoms with Crippen LogP contribution in [0.25, 0.3) is 0 Å². The molecule has 8 heteroatoms. The van der Waals surface area contributed by atoms with Crippen LogP contribution in [-0.2, 0) is 11.3 Å². The first kappa shape index (κ1) is 24.1. The van der Waals surface area contributed by atoms with Crippen molar-refractivity contribution in [1.82, 2.24) is 15.5 Å². The molecule has 1 amide bonds. The van der Waals surface area contributed by atoms with E-state index < -0.39 is 0 Å². The van der Waals surface area contributed by atoms with Crippen LogP contribution in [0.2, 0.25) is 0 Å². The zero-order valence-electron chi connectivity index (χ0n) is 18.6. The van der Waals surface area contributed by atoms with Crippen molar-refractivity contribution in [3.05, 3.63) is 59.9 Å². The summed E-state index contributed by atoms with van der Waals surface area (Å²) in [6.07, 6.45) is 0.630. The van der Waals surface area contributed by atoms with Gasteiger partial charge in [0.25, 0.3) is 0 Å². The third-order valence-electron chi connectivity index (χ3n) is 4.41. The van der Waals surface area contributed by atoms with Crippen molar-refractivity contribution >= 4 is 17.6 Å². The normalized spacial score (nSPS) is 12.4. The molecule has 0 heterocycles. The van der Waals surface area contributed by atoms with E-state index in [9.17, 15) is 9.18 Å². The van der Waals surface area contributed by atoms with Gasteiger partial charge in [0.05, 0.1) is 13.1 Å². The summed E-state index contributed by atoms with van der Waals surface area (Å²) in [5, 5.41) is 9.38. The minimum atomic E-state index is -0.321. The summed E-state index contributed by atoms with van der Waals surface area (Å²) in [7, 11) is 5.40. The van der Waals surface area contributed by atoms with Crippen molar-refractivity contribution in [2.45, 2.75) is 26.0 Å². The fourth-order valence-corrected chi connectivity index (χ4v) is 2.87. The number of halogens is 1. The lowest BCUT2D eigenvalue weighted by molar-refractivity contribution is -0.116. The quantitative estimate of drug-likeness (QED) is 0.400. The molecule has 1 atom stereocenters. The highest BCUT2D eigenvalue weighted by molar-refractivity contribution is 5.92. The van der Waals surface area contributed by atoms with Gasteiger partial charge in [0.2, 0.25) is 5.91 Å². The fourth-order valence-electron chi connectivity index (χ4n) is 2.87. The number of carbonyl (C=O) groups excluding carboxylic acids is 1. The van der Waals surface area contributed by atoms with Crippen LogP contribution in [0.3, 0.4) is 0 Å².